The van der Waals surface area contributed by atoms with E-state index in [2.05, 4.69) is 22.2 Å². The fourth-order valence-electron chi connectivity index (χ4n) is 2.08. The maximum atomic E-state index is 11.1. The van der Waals surface area contributed by atoms with Gasteiger partial charge in [0.1, 0.15) is 0 Å². The Kier molecular flexibility index (Phi) is 3.57. The van der Waals surface area contributed by atoms with E-state index in [0.717, 1.165) is 12.1 Å². The predicted molar refractivity (Wildman–Crippen MR) is 62.1 cm³/mol. The van der Waals surface area contributed by atoms with Crippen LogP contribution in [0.25, 0.3) is 0 Å². The lowest BCUT2D eigenvalue weighted by atomic mass is 10.0. The Morgan fingerprint density at radius 3 is 2.75 bits per heavy atom. The summed E-state index contributed by atoms with van der Waals surface area (Å²) in [6.45, 7) is 1.11. The molecule has 1 fully saturated rings. The van der Waals surface area contributed by atoms with Crippen molar-refractivity contribution >= 4 is 5.97 Å². The molecule has 16 heavy (non-hydrogen) atoms. The number of methoxy groups -OCH3 is 1. The highest BCUT2D eigenvalue weighted by Gasteiger charge is 2.15. The van der Waals surface area contributed by atoms with Gasteiger partial charge >= 0.3 is 5.97 Å². The Labute approximate surface area is 95.8 Å². The van der Waals surface area contributed by atoms with Gasteiger partial charge in [0.2, 0.25) is 0 Å². The Balaban J connectivity index is 2.01. The van der Waals surface area contributed by atoms with Crippen LogP contribution in [-0.4, -0.2) is 19.6 Å². The minimum absolute atomic E-state index is 0.188. The van der Waals surface area contributed by atoms with Crippen molar-refractivity contribution in [2.45, 2.75) is 25.3 Å². The predicted octanol–water partition coefficient (Wildman–Crippen LogP) is 1.83. The van der Waals surface area contributed by atoms with Crippen molar-refractivity contribution in [1.82, 2.24) is 5.32 Å². The maximum absolute atomic E-state index is 11.1. The van der Waals surface area contributed by atoms with Crippen molar-refractivity contribution < 1.29 is 9.53 Å². The van der Waals surface area contributed by atoms with E-state index in [-0.39, 0.29) is 5.97 Å². The summed E-state index contributed by atoms with van der Waals surface area (Å²) in [6.07, 6.45) is 2.81. The van der Waals surface area contributed by atoms with E-state index in [0.29, 0.717) is 12.5 Å². The second-order valence-corrected chi connectivity index (χ2v) is 4.14. The number of ether oxygens (including phenoxy) is 1. The molecule has 1 aromatic rings. The Hall–Kier alpha value is -1.35. The summed E-state index contributed by atoms with van der Waals surface area (Å²) in [5.41, 5.74) is 2.32. The first-order valence-electron chi connectivity index (χ1n) is 5.68. The van der Waals surface area contributed by atoms with Gasteiger partial charge in [0.05, 0.1) is 13.5 Å². The van der Waals surface area contributed by atoms with E-state index in [9.17, 15) is 4.79 Å². The van der Waals surface area contributed by atoms with Gasteiger partial charge in [-0.15, -0.1) is 0 Å². The molecule has 0 aliphatic carbocycles. The third-order valence-corrected chi connectivity index (χ3v) is 3.02. The van der Waals surface area contributed by atoms with Crippen molar-refractivity contribution in [2.75, 3.05) is 13.7 Å². The molecule has 0 aromatic heterocycles. The van der Waals surface area contributed by atoms with Gasteiger partial charge in [-0.25, -0.2) is 0 Å². The monoisotopic (exact) mass is 219 g/mol. The molecular weight excluding hydrogens is 202 g/mol. The van der Waals surface area contributed by atoms with Gasteiger partial charge in [-0.3, -0.25) is 4.79 Å². The highest BCUT2D eigenvalue weighted by atomic mass is 16.5. The zero-order valence-corrected chi connectivity index (χ0v) is 9.53. The SMILES string of the molecule is COC(=O)Cc1ccc([C@@H]2CCCN2)cc1. The molecule has 1 aromatic carbocycles. The van der Waals surface area contributed by atoms with E-state index < -0.39 is 0 Å². The zero-order valence-electron chi connectivity index (χ0n) is 9.53. The summed E-state index contributed by atoms with van der Waals surface area (Å²) in [7, 11) is 1.42. The molecule has 86 valence electrons. The van der Waals surface area contributed by atoms with Gasteiger partial charge in [-0.1, -0.05) is 24.3 Å². The number of rotatable bonds is 3. The normalized spacial score (nSPS) is 19.7. The molecule has 2 rings (SSSR count). The number of hydrogen-bond donors (Lipinski definition) is 1. The number of esters is 1. The molecule has 1 N–H and O–H groups in total. The molecule has 1 saturated heterocycles. The van der Waals surface area contributed by atoms with Gasteiger partial charge < -0.3 is 10.1 Å². The molecule has 0 unspecified atom stereocenters. The van der Waals surface area contributed by atoms with Crippen LogP contribution in [0.15, 0.2) is 24.3 Å². The van der Waals surface area contributed by atoms with Crippen molar-refractivity contribution in [3.8, 4) is 0 Å². The van der Waals surface area contributed by atoms with Crippen molar-refractivity contribution in [3.63, 3.8) is 0 Å². The van der Waals surface area contributed by atoms with Crippen LogP contribution >= 0.6 is 0 Å². The van der Waals surface area contributed by atoms with Gasteiger partial charge in [0.15, 0.2) is 0 Å². The molecule has 0 spiro atoms. The molecule has 1 atom stereocenters. The molecule has 0 radical (unpaired) electrons. The zero-order chi connectivity index (χ0) is 11.4. The number of benzene rings is 1. The van der Waals surface area contributed by atoms with E-state index >= 15 is 0 Å². The van der Waals surface area contributed by atoms with Crippen molar-refractivity contribution in [1.29, 1.82) is 0 Å². The fraction of sp³-hybridized carbons (Fsp3) is 0.462. The van der Waals surface area contributed by atoms with Crippen molar-refractivity contribution in [2.24, 2.45) is 0 Å². The molecule has 1 aliphatic rings. The highest BCUT2D eigenvalue weighted by molar-refractivity contribution is 5.72. The van der Waals surface area contributed by atoms with Gasteiger partial charge in [-0.2, -0.15) is 0 Å². The molecule has 3 nitrogen and oxygen atoms in total. The van der Waals surface area contributed by atoms with Crippen LogP contribution in [0.3, 0.4) is 0 Å². The van der Waals surface area contributed by atoms with Crippen LogP contribution in [0, 0.1) is 0 Å². The fourth-order valence-corrected chi connectivity index (χ4v) is 2.08. The van der Waals surface area contributed by atoms with Crippen LogP contribution in [0.1, 0.15) is 30.0 Å². The quantitative estimate of drug-likeness (QED) is 0.788. The first kappa shape index (κ1) is 11.1. The lowest BCUT2D eigenvalue weighted by Gasteiger charge is -2.10. The lowest BCUT2D eigenvalue weighted by molar-refractivity contribution is -0.139. The Bertz CT molecular complexity index is 353. The maximum Gasteiger partial charge on any atom is 0.309 e. The Morgan fingerprint density at radius 2 is 2.19 bits per heavy atom. The first-order chi connectivity index (χ1) is 7.79. The largest absolute Gasteiger partial charge is 0.469 e. The van der Waals surface area contributed by atoms with E-state index in [1.54, 1.807) is 0 Å². The minimum Gasteiger partial charge on any atom is -0.469 e. The second kappa shape index (κ2) is 5.12. The summed E-state index contributed by atoms with van der Waals surface area (Å²) in [4.78, 5) is 11.1. The molecule has 1 heterocycles. The summed E-state index contributed by atoms with van der Waals surface area (Å²) in [6, 6.07) is 8.70. The van der Waals surface area contributed by atoms with E-state index in [4.69, 9.17) is 0 Å². The Morgan fingerprint density at radius 1 is 1.44 bits per heavy atom. The number of carbonyl (C=O) groups excluding carboxylic acids is 1. The van der Waals surface area contributed by atoms with Crippen LogP contribution < -0.4 is 5.32 Å². The molecular formula is C13H17NO2. The second-order valence-electron chi connectivity index (χ2n) is 4.14. The third-order valence-electron chi connectivity index (χ3n) is 3.02. The number of nitrogens with one attached hydrogen (secondary N) is 1. The van der Waals surface area contributed by atoms with E-state index in [1.165, 1.54) is 25.5 Å². The molecule has 0 amide bonds. The first-order valence-corrected chi connectivity index (χ1v) is 5.68. The number of carbonyl (C=O) groups is 1. The van der Waals surface area contributed by atoms with Gasteiger partial charge in [0, 0.05) is 6.04 Å². The van der Waals surface area contributed by atoms with Crippen LogP contribution in [-0.2, 0) is 16.0 Å². The lowest BCUT2D eigenvalue weighted by Crippen LogP contribution is -2.12. The average molecular weight is 219 g/mol. The molecule has 0 bridgehead atoms. The van der Waals surface area contributed by atoms with Crippen LogP contribution in [0.4, 0.5) is 0 Å². The summed E-state index contributed by atoms with van der Waals surface area (Å²) >= 11 is 0. The molecule has 0 saturated carbocycles. The molecule has 3 heteroatoms. The molecule has 1 aliphatic heterocycles. The highest BCUT2D eigenvalue weighted by Crippen LogP contribution is 2.23. The van der Waals surface area contributed by atoms with E-state index in [1.807, 2.05) is 12.1 Å². The van der Waals surface area contributed by atoms with Crippen LogP contribution in [0.2, 0.25) is 0 Å². The summed E-state index contributed by atoms with van der Waals surface area (Å²) in [5.74, 6) is -0.188. The topological polar surface area (TPSA) is 38.3 Å². The van der Waals surface area contributed by atoms with Crippen LogP contribution in [0.5, 0.6) is 0 Å². The number of hydrogen-bond acceptors (Lipinski definition) is 3. The average Bonchev–Trinajstić information content (AvgIpc) is 2.83. The smallest absolute Gasteiger partial charge is 0.309 e. The standard InChI is InChI=1S/C13H17NO2/c1-16-13(15)9-10-4-6-11(7-5-10)12-3-2-8-14-12/h4-7,12,14H,2-3,8-9H2,1H3/t12-/m0/s1. The minimum atomic E-state index is -0.188. The summed E-state index contributed by atoms with van der Waals surface area (Å²) in [5, 5.41) is 3.45. The van der Waals surface area contributed by atoms with Crippen molar-refractivity contribution in [3.05, 3.63) is 35.4 Å². The third kappa shape index (κ3) is 2.61. The summed E-state index contributed by atoms with van der Waals surface area (Å²) < 4.78 is 4.63. The van der Waals surface area contributed by atoms with Gasteiger partial charge in [-0.05, 0) is 30.5 Å². The van der Waals surface area contributed by atoms with Gasteiger partial charge in [0.25, 0.3) is 0 Å².